The monoisotopic (exact) mass is 320 g/mol. The number of aromatic nitrogens is 2. The van der Waals surface area contributed by atoms with Crippen LogP contribution < -0.4 is 11.2 Å². The second-order valence-corrected chi connectivity index (χ2v) is 5.00. The first kappa shape index (κ1) is 13.5. The van der Waals surface area contributed by atoms with Crippen LogP contribution in [0.3, 0.4) is 0 Å². The number of hydrogen-bond acceptors (Lipinski definition) is 5. The predicted octanol–water partition coefficient (Wildman–Crippen LogP) is -1.05. The van der Waals surface area contributed by atoms with Gasteiger partial charge in [-0.3, -0.25) is 13.9 Å². The fourth-order valence-electron chi connectivity index (χ4n) is 1.91. The van der Waals surface area contributed by atoms with Gasteiger partial charge in [0.25, 0.3) is 5.56 Å². The molecule has 0 aliphatic carbocycles. The van der Waals surface area contributed by atoms with E-state index in [9.17, 15) is 14.7 Å². The Balaban J connectivity index is 2.42. The number of ether oxygens (including phenoxy) is 1. The summed E-state index contributed by atoms with van der Waals surface area (Å²) in [6, 6.07) is 0. The van der Waals surface area contributed by atoms with E-state index in [0.717, 1.165) is 4.57 Å². The molecule has 0 unspecified atom stereocenters. The van der Waals surface area contributed by atoms with Crippen LogP contribution in [0.5, 0.6) is 0 Å². The Bertz CT molecular complexity index is 566. The molecule has 1 aromatic rings. The van der Waals surface area contributed by atoms with Crippen molar-refractivity contribution in [1.29, 1.82) is 0 Å². The van der Waals surface area contributed by atoms with E-state index in [-0.39, 0.29) is 17.5 Å². The number of aliphatic hydroxyl groups excluding tert-OH is 2. The highest BCUT2D eigenvalue weighted by molar-refractivity contribution is 9.10. The molecular formula is C10H13BrN2O5. The minimum atomic E-state index is -0.831. The Kier molecular flexibility index (Phi) is 3.71. The van der Waals surface area contributed by atoms with Gasteiger partial charge < -0.3 is 14.9 Å². The molecule has 2 rings (SSSR count). The maximum absolute atomic E-state index is 11.9. The first-order valence-corrected chi connectivity index (χ1v) is 6.17. The van der Waals surface area contributed by atoms with Crippen LogP contribution in [0.4, 0.5) is 0 Å². The zero-order valence-electron chi connectivity index (χ0n) is 9.62. The lowest BCUT2D eigenvalue weighted by Gasteiger charge is -2.15. The van der Waals surface area contributed by atoms with Crippen LogP contribution in [0.1, 0.15) is 12.6 Å². The van der Waals surface area contributed by atoms with Crippen LogP contribution in [-0.2, 0) is 11.8 Å². The Labute approximate surface area is 110 Å². The van der Waals surface area contributed by atoms with Crippen LogP contribution >= 0.6 is 15.9 Å². The molecule has 2 heterocycles. The normalized spacial score (nSPS) is 27.7. The Hall–Kier alpha value is -0.960. The van der Waals surface area contributed by atoms with Gasteiger partial charge in [-0.05, 0) is 15.9 Å². The van der Waals surface area contributed by atoms with Crippen molar-refractivity contribution in [2.45, 2.75) is 24.9 Å². The summed E-state index contributed by atoms with van der Waals surface area (Å²) < 4.78 is 7.78. The van der Waals surface area contributed by atoms with Crippen molar-refractivity contribution < 1.29 is 14.9 Å². The second-order valence-electron chi connectivity index (χ2n) is 4.15. The summed E-state index contributed by atoms with van der Waals surface area (Å²) in [4.78, 5) is 23.4. The van der Waals surface area contributed by atoms with Crippen LogP contribution in [0.25, 0.3) is 0 Å². The van der Waals surface area contributed by atoms with E-state index in [2.05, 4.69) is 15.9 Å². The van der Waals surface area contributed by atoms with E-state index in [1.54, 1.807) is 0 Å². The molecule has 0 spiro atoms. The summed E-state index contributed by atoms with van der Waals surface area (Å²) in [6.07, 6.45) is -0.703. The van der Waals surface area contributed by atoms with Crippen LogP contribution in [0.2, 0.25) is 0 Å². The van der Waals surface area contributed by atoms with Crippen LogP contribution in [0.15, 0.2) is 20.3 Å². The van der Waals surface area contributed by atoms with Gasteiger partial charge >= 0.3 is 5.69 Å². The van der Waals surface area contributed by atoms with Crippen molar-refractivity contribution in [3.63, 3.8) is 0 Å². The van der Waals surface area contributed by atoms with Crippen molar-refractivity contribution in [1.82, 2.24) is 9.13 Å². The van der Waals surface area contributed by atoms with Gasteiger partial charge in [0, 0.05) is 19.7 Å². The van der Waals surface area contributed by atoms with Gasteiger partial charge in [-0.25, -0.2) is 4.79 Å². The standard InChI is InChI=1S/C10H13BrN2O5/c1-12-9(16)5(11)3-13(10(12)17)8-2-6(15)7(4-14)18-8/h3,6-8,14-15H,2,4H2,1H3/t6-,7+,8+/m0/s1. The summed E-state index contributed by atoms with van der Waals surface area (Å²) in [7, 11) is 1.36. The van der Waals surface area contributed by atoms with Crippen LogP contribution in [-0.4, -0.2) is 38.2 Å². The van der Waals surface area contributed by atoms with Gasteiger partial charge in [0.1, 0.15) is 12.3 Å². The van der Waals surface area contributed by atoms with Crippen molar-refractivity contribution in [2.75, 3.05) is 6.61 Å². The van der Waals surface area contributed by atoms with Crippen LogP contribution in [0, 0.1) is 0 Å². The highest BCUT2D eigenvalue weighted by Crippen LogP contribution is 2.27. The highest BCUT2D eigenvalue weighted by atomic mass is 79.9. The third-order valence-electron chi connectivity index (χ3n) is 2.96. The molecular weight excluding hydrogens is 308 g/mol. The minimum Gasteiger partial charge on any atom is -0.394 e. The van der Waals surface area contributed by atoms with E-state index < -0.39 is 29.7 Å². The molecule has 1 fully saturated rings. The smallest absolute Gasteiger partial charge is 0.332 e. The maximum Gasteiger partial charge on any atom is 0.332 e. The topological polar surface area (TPSA) is 93.7 Å². The van der Waals surface area contributed by atoms with Gasteiger partial charge in [0.2, 0.25) is 0 Å². The third kappa shape index (κ3) is 2.16. The van der Waals surface area contributed by atoms with E-state index in [1.807, 2.05) is 0 Å². The quantitative estimate of drug-likeness (QED) is 0.725. The van der Waals surface area contributed by atoms with E-state index in [0.29, 0.717) is 0 Å². The average molecular weight is 321 g/mol. The van der Waals surface area contributed by atoms with Gasteiger partial charge in [-0.2, -0.15) is 0 Å². The Morgan fingerprint density at radius 3 is 2.78 bits per heavy atom. The van der Waals surface area contributed by atoms with Gasteiger partial charge in [0.15, 0.2) is 0 Å². The lowest BCUT2D eigenvalue weighted by Crippen LogP contribution is -2.39. The molecule has 1 aromatic heterocycles. The number of rotatable bonds is 2. The number of aliphatic hydroxyl groups is 2. The zero-order valence-corrected chi connectivity index (χ0v) is 11.2. The van der Waals surface area contributed by atoms with E-state index in [1.165, 1.54) is 17.8 Å². The SMILES string of the molecule is Cn1c(=O)c(Br)cn([C@H]2C[C@H](O)[C@@H](CO)O2)c1=O. The first-order valence-electron chi connectivity index (χ1n) is 5.37. The van der Waals surface area contributed by atoms with E-state index >= 15 is 0 Å². The molecule has 1 saturated heterocycles. The average Bonchev–Trinajstić information content (AvgIpc) is 2.72. The summed E-state index contributed by atoms with van der Waals surface area (Å²) in [6.45, 7) is -0.320. The number of halogens is 1. The van der Waals surface area contributed by atoms with Crippen molar-refractivity contribution >= 4 is 15.9 Å². The third-order valence-corrected chi connectivity index (χ3v) is 3.51. The molecule has 0 radical (unpaired) electrons. The second kappa shape index (κ2) is 4.96. The Morgan fingerprint density at radius 1 is 1.56 bits per heavy atom. The fraction of sp³-hybridized carbons (Fsp3) is 0.600. The molecule has 1 aliphatic heterocycles. The summed E-state index contributed by atoms with van der Waals surface area (Å²) in [5.41, 5.74) is -0.965. The molecule has 3 atom stereocenters. The van der Waals surface area contributed by atoms with Crippen molar-refractivity contribution in [3.05, 3.63) is 31.5 Å². The fourth-order valence-corrected chi connectivity index (χ4v) is 2.40. The van der Waals surface area contributed by atoms with Gasteiger partial charge in [-0.1, -0.05) is 0 Å². The van der Waals surface area contributed by atoms with Crippen molar-refractivity contribution in [2.24, 2.45) is 7.05 Å². The maximum atomic E-state index is 11.9. The molecule has 0 bridgehead atoms. The first-order chi connectivity index (χ1) is 8.45. The predicted molar refractivity (Wildman–Crippen MR) is 65.3 cm³/mol. The number of nitrogens with zero attached hydrogens (tertiary/aromatic N) is 2. The molecule has 2 N–H and O–H groups in total. The van der Waals surface area contributed by atoms with Gasteiger partial charge in [0.05, 0.1) is 17.2 Å². The molecule has 7 nitrogen and oxygen atoms in total. The summed E-state index contributed by atoms with van der Waals surface area (Å²) >= 11 is 3.06. The summed E-state index contributed by atoms with van der Waals surface area (Å²) in [5, 5.41) is 18.6. The van der Waals surface area contributed by atoms with Gasteiger partial charge in [-0.15, -0.1) is 0 Å². The molecule has 1 aliphatic rings. The molecule has 100 valence electrons. The number of hydrogen-bond donors (Lipinski definition) is 2. The molecule has 0 aromatic carbocycles. The minimum absolute atomic E-state index is 0.190. The summed E-state index contributed by atoms with van der Waals surface area (Å²) in [5.74, 6) is 0. The lowest BCUT2D eigenvalue weighted by molar-refractivity contribution is -0.0463. The molecule has 18 heavy (non-hydrogen) atoms. The largest absolute Gasteiger partial charge is 0.394 e. The van der Waals surface area contributed by atoms with E-state index in [4.69, 9.17) is 9.84 Å². The lowest BCUT2D eigenvalue weighted by atomic mass is 10.2. The molecule has 8 heteroatoms. The zero-order chi connectivity index (χ0) is 13.4. The van der Waals surface area contributed by atoms with Crippen molar-refractivity contribution in [3.8, 4) is 0 Å². The molecule has 0 saturated carbocycles. The molecule has 0 amide bonds. The Morgan fingerprint density at radius 2 is 2.22 bits per heavy atom. The highest BCUT2D eigenvalue weighted by Gasteiger charge is 2.35.